The van der Waals surface area contributed by atoms with Crippen LogP contribution in [0.1, 0.15) is 27.6 Å². The third-order valence-corrected chi connectivity index (χ3v) is 5.60. The van der Waals surface area contributed by atoms with Gasteiger partial charge in [-0.1, -0.05) is 48.5 Å². The molecule has 1 aromatic heterocycles. The van der Waals surface area contributed by atoms with Gasteiger partial charge < -0.3 is 24.5 Å². The molecule has 0 saturated heterocycles. The monoisotopic (exact) mass is 463 g/mol. The molecular weight excluding hydrogens is 438 g/mol. The number of carbonyl (C=O) groups is 3. The molecule has 0 aliphatic heterocycles. The number of aliphatic carboxylic acids is 1. The number of fused-ring (bicyclic) bond motifs is 3. The molecule has 0 saturated carbocycles. The number of carboxylic acid groups (broad SMARTS) is 1. The van der Waals surface area contributed by atoms with Gasteiger partial charge in [-0.3, -0.25) is 10.1 Å². The summed E-state index contributed by atoms with van der Waals surface area (Å²) in [5.74, 6) is -2.25. The van der Waals surface area contributed by atoms with Crippen molar-refractivity contribution in [2.24, 2.45) is 0 Å². The molecule has 0 radical (unpaired) electrons. The fraction of sp³-hybridized carbons (Fsp3) is 0.240. The Morgan fingerprint density at radius 1 is 1.03 bits per heavy atom. The van der Waals surface area contributed by atoms with E-state index in [0.717, 1.165) is 22.3 Å². The minimum atomic E-state index is -1.18. The van der Waals surface area contributed by atoms with Gasteiger partial charge in [0.25, 0.3) is 5.91 Å². The summed E-state index contributed by atoms with van der Waals surface area (Å²) in [4.78, 5) is 38.2. The van der Waals surface area contributed by atoms with E-state index in [1.807, 2.05) is 48.5 Å². The molecule has 3 aromatic rings. The highest BCUT2D eigenvalue weighted by atomic mass is 16.5. The Hall–Kier alpha value is -4.11. The predicted octanol–water partition coefficient (Wildman–Crippen LogP) is 3.39. The fourth-order valence-electron chi connectivity index (χ4n) is 4.10. The second kappa shape index (κ2) is 9.80. The largest absolute Gasteiger partial charge is 0.480 e. The van der Waals surface area contributed by atoms with E-state index in [9.17, 15) is 19.5 Å². The number of ether oxygens (including phenoxy) is 1. The molecule has 1 heterocycles. The maximum atomic E-state index is 12.6. The van der Waals surface area contributed by atoms with E-state index < -0.39 is 24.0 Å². The number of carbonyl (C=O) groups excluding carboxylic acids is 2. The summed E-state index contributed by atoms with van der Waals surface area (Å²) in [6.07, 6.45) is 0.482. The van der Waals surface area contributed by atoms with Crippen LogP contribution in [0.4, 0.5) is 10.5 Å². The molecule has 34 heavy (non-hydrogen) atoms. The van der Waals surface area contributed by atoms with Crippen LogP contribution in [0.2, 0.25) is 0 Å². The van der Waals surface area contributed by atoms with E-state index in [-0.39, 0.29) is 30.5 Å². The molecule has 9 heteroatoms. The molecule has 1 atom stereocenters. The second-order valence-corrected chi connectivity index (χ2v) is 8.24. The number of rotatable bonds is 8. The normalized spacial score (nSPS) is 13.1. The third kappa shape index (κ3) is 4.79. The number of benzene rings is 2. The molecule has 176 valence electrons. The standard InChI is InChI=1S/C25H25N3O6/c1-28(2)13-21(24(30)31)26-23(29)22-20(11-12-33-22)27-25(32)34-14-19-17-9-5-3-7-15(17)16-8-4-6-10-18(16)19/h3-12,19,21H,13-14H2,1-2H3,(H,26,29)(H,27,32)(H,30,31)/t21-/m0/s1. The van der Waals surface area contributed by atoms with Crippen LogP contribution in [0.25, 0.3) is 11.1 Å². The van der Waals surface area contributed by atoms with E-state index in [0.29, 0.717) is 0 Å². The summed E-state index contributed by atoms with van der Waals surface area (Å²) in [6, 6.07) is 16.3. The zero-order valence-electron chi connectivity index (χ0n) is 18.8. The molecular formula is C25H25N3O6. The minimum absolute atomic E-state index is 0.0868. The van der Waals surface area contributed by atoms with Gasteiger partial charge in [0.2, 0.25) is 5.76 Å². The highest BCUT2D eigenvalue weighted by Gasteiger charge is 2.29. The predicted molar refractivity (Wildman–Crippen MR) is 125 cm³/mol. The summed E-state index contributed by atoms with van der Waals surface area (Å²) >= 11 is 0. The molecule has 1 aliphatic carbocycles. The Bertz CT molecular complexity index is 1170. The Morgan fingerprint density at radius 2 is 1.65 bits per heavy atom. The van der Waals surface area contributed by atoms with Crippen molar-refractivity contribution in [1.82, 2.24) is 10.2 Å². The van der Waals surface area contributed by atoms with E-state index in [1.165, 1.54) is 12.3 Å². The van der Waals surface area contributed by atoms with Crippen LogP contribution < -0.4 is 10.6 Å². The number of hydrogen-bond acceptors (Lipinski definition) is 6. The Kier molecular flexibility index (Phi) is 6.65. The molecule has 0 unspecified atom stereocenters. The number of nitrogens with one attached hydrogen (secondary N) is 2. The molecule has 0 fully saturated rings. The second-order valence-electron chi connectivity index (χ2n) is 8.24. The minimum Gasteiger partial charge on any atom is -0.480 e. The van der Waals surface area contributed by atoms with Crippen molar-refractivity contribution in [3.05, 3.63) is 77.7 Å². The quantitative estimate of drug-likeness (QED) is 0.468. The first kappa shape index (κ1) is 23.1. The molecule has 1 aliphatic rings. The molecule has 3 N–H and O–H groups in total. The maximum absolute atomic E-state index is 12.6. The Morgan fingerprint density at radius 3 is 2.24 bits per heavy atom. The number of nitrogens with zero attached hydrogens (tertiary/aromatic N) is 1. The van der Waals surface area contributed by atoms with E-state index in [4.69, 9.17) is 9.15 Å². The first-order valence-electron chi connectivity index (χ1n) is 10.7. The lowest BCUT2D eigenvalue weighted by molar-refractivity contribution is -0.139. The van der Waals surface area contributed by atoms with Crippen LogP contribution in [-0.4, -0.2) is 61.3 Å². The lowest BCUT2D eigenvalue weighted by atomic mass is 9.98. The molecule has 0 spiro atoms. The van der Waals surface area contributed by atoms with Crippen molar-refractivity contribution in [3.8, 4) is 11.1 Å². The first-order chi connectivity index (χ1) is 16.3. The van der Waals surface area contributed by atoms with Gasteiger partial charge in [-0.15, -0.1) is 0 Å². The summed E-state index contributed by atoms with van der Waals surface area (Å²) < 4.78 is 10.7. The van der Waals surface area contributed by atoms with Gasteiger partial charge in [0.15, 0.2) is 0 Å². The van der Waals surface area contributed by atoms with Gasteiger partial charge >= 0.3 is 12.1 Å². The fourth-order valence-corrected chi connectivity index (χ4v) is 4.10. The zero-order chi connectivity index (χ0) is 24.2. The topological polar surface area (TPSA) is 121 Å². The van der Waals surface area contributed by atoms with Crippen molar-refractivity contribution < 1.29 is 28.6 Å². The molecule has 9 nitrogen and oxygen atoms in total. The van der Waals surface area contributed by atoms with Gasteiger partial charge in [0.1, 0.15) is 12.6 Å². The van der Waals surface area contributed by atoms with Crippen LogP contribution in [-0.2, 0) is 9.53 Å². The Balaban J connectivity index is 1.41. The number of carboxylic acids is 1. The molecule has 4 rings (SSSR count). The van der Waals surface area contributed by atoms with Crippen LogP contribution in [0.5, 0.6) is 0 Å². The average Bonchev–Trinajstić information content (AvgIpc) is 3.39. The van der Waals surface area contributed by atoms with Crippen molar-refractivity contribution in [3.63, 3.8) is 0 Å². The SMILES string of the molecule is CN(C)C[C@H](NC(=O)c1occc1NC(=O)OCC1c2ccccc2-c2ccccc21)C(=O)O. The van der Waals surface area contributed by atoms with Gasteiger partial charge in [-0.2, -0.15) is 0 Å². The zero-order valence-corrected chi connectivity index (χ0v) is 18.8. The number of likely N-dealkylation sites (N-methyl/N-ethyl adjacent to an activating group) is 1. The maximum Gasteiger partial charge on any atom is 0.411 e. The first-order valence-corrected chi connectivity index (χ1v) is 10.7. The molecule has 2 aromatic carbocycles. The number of amides is 2. The molecule has 0 bridgehead atoms. The number of furan rings is 1. The molecule has 2 amide bonds. The van der Waals surface area contributed by atoms with Crippen molar-refractivity contribution >= 4 is 23.7 Å². The van der Waals surface area contributed by atoms with Crippen LogP contribution >= 0.6 is 0 Å². The van der Waals surface area contributed by atoms with Crippen LogP contribution in [0.3, 0.4) is 0 Å². The highest BCUT2D eigenvalue weighted by Crippen LogP contribution is 2.44. The lowest BCUT2D eigenvalue weighted by Crippen LogP contribution is -2.47. The van der Waals surface area contributed by atoms with Crippen LogP contribution in [0.15, 0.2) is 65.3 Å². The van der Waals surface area contributed by atoms with Crippen molar-refractivity contribution in [1.29, 1.82) is 0 Å². The van der Waals surface area contributed by atoms with E-state index in [2.05, 4.69) is 10.6 Å². The summed E-state index contributed by atoms with van der Waals surface area (Å²) in [7, 11) is 3.39. The summed E-state index contributed by atoms with van der Waals surface area (Å²) in [5, 5.41) is 14.2. The van der Waals surface area contributed by atoms with Crippen molar-refractivity contribution in [2.75, 3.05) is 32.6 Å². The van der Waals surface area contributed by atoms with Gasteiger partial charge in [0, 0.05) is 18.5 Å². The number of hydrogen-bond donors (Lipinski definition) is 3. The summed E-state index contributed by atoms with van der Waals surface area (Å²) in [5.41, 5.74) is 4.49. The Labute approximate surface area is 196 Å². The summed E-state index contributed by atoms with van der Waals surface area (Å²) in [6.45, 7) is 0.208. The third-order valence-electron chi connectivity index (χ3n) is 5.60. The van der Waals surface area contributed by atoms with Gasteiger partial charge in [-0.05, 0) is 36.3 Å². The average molecular weight is 463 g/mol. The number of anilines is 1. The highest BCUT2D eigenvalue weighted by molar-refractivity contribution is 6.01. The van der Waals surface area contributed by atoms with Gasteiger partial charge in [0.05, 0.1) is 12.0 Å². The van der Waals surface area contributed by atoms with Gasteiger partial charge in [-0.25, -0.2) is 9.59 Å². The van der Waals surface area contributed by atoms with E-state index >= 15 is 0 Å². The smallest absolute Gasteiger partial charge is 0.411 e. The van der Waals surface area contributed by atoms with Crippen LogP contribution in [0, 0.1) is 0 Å². The lowest BCUT2D eigenvalue weighted by Gasteiger charge is -2.18. The van der Waals surface area contributed by atoms with Crippen molar-refractivity contribution in [2.45, 2.75) is 12.0 Å². The van der Waals surface area contributed by atoms with E-state index in [1.54, 1.807) is 19.0 Å².